The van der Waals surface area contributed by atoms with Crippen LogP contribution in [0.2, 0.25) is 0 Å². The smallest absolute Gasteiger partial charge is 0.458 e. The molecule has 4 rings (SSSR count). The van der Waals surface area contributed by atoms with Gasteiger partial charge in [-0.05, 0) is 48.5 Å². The van der Waals surface area contributed by atoms with Gasteiger partial charge in [0.25, 0.3) is 0 Å². The summed E-state index contributed by atoms with van der Waals surface area (Å²) >= 11 is 0. The summed E-state index contributed by atoms with van der Waals surface area (Å²) in [6.45, 7) is 0.0657. The van der Waals surface area contributed by atoms with E-state index in [0.717, 1.165) is 28.3 Å². The third kappa shape index (κ3) is 4.72. The molecule has 2 aliphatic heterocycles. The van der Waals surface area contributed by atoms with Crippen LogP contribution in [-0.4, -0.2) is 29.5 Å². The molecule has 0 aliphatic carbocycles. The van der Waals surface area contributed by atoms with Crippen molar-refractivity contribution >= 4 is 17.8 Å². The Morgan fingerprint density at radius 3 is 2.62 bits per heavy atom. The normalized spacial score (nSPS) is 17.8. The third-order valence-electron chi connectivity index (χ3n) is 4.61. The van der Waals surface area contributed by atoms with Crippen LogP contribution in [0.3, 0.4) is 0 Å². The van der Waals surface area contributed by atoms with Gasteiger partial charge in [-0.3, -0.25) is 15.4 Å². The van der Waals surface area contributed by atoms with Crippen LogP contribution in [0, 0.1) is 11.3 Å². The molecule has 9 nitrogen and oxygen atoms in total. The fourth-order valence-electron chi connectivity index (χ4n) is 3.07. The maximum Gasteiger partial charge on any atom is 0.540 e. The lowest BCUT2D eigenvalue weighted by atomic mass is 10.1. The van der Waals surface area contributed by atoms with Gasteiger partial charge >= 0.3 is 12.4 Å². The Morgan fingerprint density at radius 2 is 1.94 bits per heavy atom. The molecule has 0 spiro atoms. The lowest BCUT2D eigenvalue weighted by Gasteiger charge is -2.31. The van der Waals surface area contributed by atoms with Crippen LogP contribution in [0.4, 0.5) is 28.9 Å². The summed E-state index contributed by atoms with van der Waals surface area (Å²) < 4.78 is 67.5. The maximum absolute atomic E-state index is 14.0. The molecule has 0 saturated carbocycles. The number of rotatable bonds is 6. The van der Waals surface area contributed by atoms with E-state index in [-0.39, 0.29) is 17.9 Å². The first kappa shape index (κ1) is 22.9. The molecule has 0 aromatic heterocycles. The summed E-state index contributed by atoms with van der Waals surface area (Å²) in [6, 6.07) is 10.7. The van der Waals surface area contributed by atoms with Crippen LogP contribution in [0.5, 0.6) is 11.5 Å². The highest BCUT2D eigenvalue weighted by Crippen LogP contribution is 2.47. The summed E-state index contributed by atoms with van der Waals surface area (Å²) in [4.78, 5) is 11.6. The number of fused-ring (bicyclic) bond motifs is 1. The summed E-state index contributed by atoms with van der Waals surface area (Å²) in [6.07, 6.45) is -5.65. The number of nitriles is 1. The van der Waals surface area contributed by atoms with Crippen molar-refractivity contribution in [3.8, 4) is 17.6 Å². The average Bonchev–Trinajstić information content (AvgIpc) is 2.78. The van der Waals surface area contributed by atoms with Crippen LogP contribution in [-0.2, 0) is 15.6 Å². The lowest BCUT2D eigenvalue weighted by molar-refractivity contribution is -0.461. The highest BCUT2D eigenvalue weighted by atomic mass is 19.3. The van der Waals surface area contributed by atoms with Gasteiger partial charge in [-0.15, -0.1) is 8.78 Å². The molecule has 13 heteroatoms. The zero-order valence-electron chi connectivity index (χ0n) is 16.9. The quantitative estimate of drug-likeness (QED) is 0.364. The highest BCUT2D eigenvalue weighted by molar-refractivity contribution is 5.79. The number of nitrogens with zero attached hydrogens (tertiary/aromatic N) is 3. The zero-order chi connectivity index (χ0) is 24.5. The van der Waals surface area contributed by atoms with E-state index in [2.05, 4.69) is 14.9 Å². The van der Waals surface area contributed by atoms with Crippen LogP contribution in [0.1, 0.15) is 5.56 Å². The number of carbonyl (C=O) groups excluding carboxylic acids is 1. The molecular weight excluding hydrogens is 464 g/mol. The number of amides is 1. The van der Waals surface area contributed by atoms with Gasteiger partial charge in [-0.25, -0.2) is 14.8 Å². The number of hydrogen-bond donors (Lipinski definition) is 2. The monoisotopic (exact) mass is 478 g/mol. The van der Waals surface area contributed by atoms with E-state index in [1.54, 1.807) is 6.08 Å². The number of ether oxygens (including phenoxy) is 3. The molecule has 34 heavy (non-hydrogen) atoms. The van der Waals surface area contributed by atoms with Crippen LogP contribution in [0.15, 0.2) is 66.1 Å². The molecule has 2 aromatic rings. The SMILES string of the molecule is N#CC1=CC(Oc2ccc(NN(C=O)c3ccc4c(c3)C(F)(F)OC(F)(F)O4)cc2)=CCN1O. The molecule has 176 valence electrons. The van der Waals surface area contributed by atoms with Gasteiger partial charge in [-0.2, -0.15) is 14.0 Å². The van der Waals surface area contributed by atoms with E-state index in [0.29, 0.717) is 23.6 Å². The number of carbonyl (C=O) groups is 1. The number of hydrogen-bond acceptors (Lipinski definition) is 8. The second-order valence-electron chi connectivity index (χ2n) is 6.91. The number of anilines is 2. The van der Waals surface area contributed by atoms with Gasteiger partial charge in [0, 0.05) is 6.08 Å². The number of alkyl halides is 4. The van der Waals surface area contributed by atoms with Crippen molar-refractivity contribution in [2.24, 2.45) is 0 Å². The molecule has 2 N–H and O–H groups in total. The first-order chi connectivity index (χ1) is 16.1. The molecule has 2 heterocycles. The van der Waals surface area contributed by atoms with Crippen LogP contribution < -0.4 is 19.9 Å². The highest BCUT2D eigenvalue weighted by Gasteiger charge is 2.54. The van der Waals surface area contributed by atoms with Crippen molar-refractivity contribution in [2.75, 3.05) is 17.0 Å². The van der Waals surface area contributed by atoms with Crippen molar-refractivity contribution in [1.82, 2.24) is 5.06 Å². The van der Waals surface area contributed by atoms with Crippen LogP contribution in [0.25, 0.3) is 0 Å². The molecule has 0 saturated heterocycles. The third-order valence-corrected chi connectivity index (χ3v) is 4.61. The number of nitrogens with one attached hydrogen (secondary N) is 1. The van der Waals surface area contributed by atoms with Gasteiger partial charge in [0.2, 0.25) is 6.41 Å². The van der Waals surface area contributed by atoms with E-state index in [1.807, 2.05) is 6.07 Å². The van der Waals surface area contributed by atoms with Crippen molar-refractivity contribution in [1.29, 1.82) is 5.26 Å². The Morgan fingerprint density at radius 1 is 1.21 bits per heavy atom. The van der Waals surface area contributed by atoms with Gasteiger partial charge in [0.05, 0.1) is 23.5 Å². The second-order valence-corrected chi connectivity index (χ2v) is 6.91. The van der Waals surface area contributed by atoms with Crippen molar-refractivity contribution < 1.29 is 41.8 Å². The Kier molecular flexibility index (Phi) is 5.78. The van der Waals surface area contributed by atoms with E-state index in [1.165, 1.54) is 30.3 Å². The minimum Gasteiger partial charge on any atom is -0.458 e. The van der Waals surface area contributed by atoms with E-state index >= 15 is 0 Å². The average molecular weight is 478 g/mol. The van der Waals surface area contributed by atoms with E-state index in [4.69, 9.17) is 10.00 Å². The fraction of sp³-hybridized carbons (Fsp3) is 0.143. The Labute approximate surface area is 189 Å². The predicted octanol–water partition coefficient (Wildman–Crippen LogP) is 4.06. The van der Waals surface area contributed by atoms with Gasteiger partial charge in [-0.1, -0.05) is 0 Å². The molecule has 0 fully saturated rings. The molecular formula is C21H14F4N4O5. The fourth-order valence-corrected chi connectivity index (χ4v) is 3.07. The van der Waals surface area contributed by atoms with Crippen molar-refractivity contribution in [2.45, 2.75) is 12.4 Å². The minimum absolute atomic E-state index is 0.00700. The van der Waals surface area contributed by atoms with Gasteiger partial charge in [0.15, 0.2) is 0 Å². The topological polar surface area (TPSA) is 107 Å². The summed E-state index contributed by atoms with van der Waals surface area (Å²) in [5, 5.41) is 20.1. The second kappa shape index (κ2) is 8.58. The summed E-state index contributed by atoms with van der Waals surface area (Å²) in [5.74, 6) is -0.0765. The number of hydrazine groups is 1. The van der Waals surface area contributed by atoms with Gasteiger partial charge in [0.1, 0.15) is 29.0 Å². The largest absolute Gasteiger partial charge is 0.540 e. The number of benzene rings is 2. The minimum atomic E-state index is -4.50. The lowest BCUT2D eigenvalue weighted by Crippen LogP contribution is -2.41. The molecule has 2 aromatic carbocycles. The first-order valence-electron chi connectivity index (χ1n) is 9.47. The van der Waals surface area contributed by atoms with Crippen molar-refractivity contribution in [3.05, 3.63) is 71.6 Å². The molecule has 2 aliphatic rings. The molecule has 0 radical (unpaired) electrons. The summed E-state index contributed by atoms with van der Waals surface area (Å²) in [7, 11) is 0. The number of hydroxylamine groups is 2. The first-order valence-corrected chi connectivity index (χ1v) is 9.47. The standard InChI is InChI=1S/C21H14F4N4O5/c22-20(23)18-10-14(3-6-19(18)33-21(24,25)34-20)28(12-30)27-13-1-4-16(5-2-13)32-17-7-8-29(31)15(9-17)11-26/h1-7,9-10,12,27,31H,8H2. The molecule has 0 unspecified atom stereocenters. The predicted molar refractivity (Wildman–Crippen MR) is 107 cm³/mol. The van der Waals surface area contributed by atoms with Crippen molar-refractivity contribution in [3.63, 3.8) is 0 Å². The Hall–Kier alpha value is -4.28. The van der Waals surface area contributed by atoms with E-state index < -0.39 is 23.7 Å². The van der Waals surface area contributed by atoms with E-state index in [9.17, 15) is 27.6 Å². The Bertz CT molecular complexity index is 1210. The maximum atomic E-state index is 14.0. The van der Waals surface area contributed by atoms with Crippen LogP contribution >= 0.6 is 0 Å². The molecule has 0 bridgehead atoms. The number of allylic oxidation sites excluding steroid dienone is 2. The summed E-state index contributed by atoms with van der Waals surface area (Å²) in [5.41, 5.74) is 1.97. The molecule has 0 atom stereocenters. The number of halogens is 4. The Balaban J connectivity index is 1.48. The molecule has 1 amide bonds. The zero-order valence-corrected chi connectivity index (χ0v) is 16.9. The van der Waals surface area contributed by atoms with Gasteiger partial charge < -0.3 is 9.47 Å².